The maximum Gasteiger partial charge on any atom is 0.246 e. The summed E-state index contributed by atoms with van der Waals surface area (Å²) in [5.41, 5.74) is 5.34. The number of nitrogens with one attached hydrogen (secondary N) is 2. The molecular formula is C24H24N3O2+. The number of aryl methyl sites for hydroxylation is 2. The first-order valence-corrected chi connectivity index (χ1v) is 9.78. The van der Waals surface area contributed by atoms with Crippen molar-refractivity contribution >= 4 is 40.6 Å². The van der Waals surface area contributed by atoms with Crippen LogP contribution in [0.4, 0.5) is 5.69 Å². The van der Waals surface area contributed by atoms with Gasteiger partial charge >= 0.3 is 0 Å². The van der Waals surface area contributed by atoms with E-state index in [-0.39, 0.29) is 11.8 Å². The molecule has 0 spiro atoms. The number of anilines is 1. The Morgan fingerprint density at radius 2 is 1.90 bits per heavy atom. The summed E-state index contributed by atoms with van der Waals surface area (Å²) >= 11 is 0. The van der Waals surface area contributed by atoms with Gasteiger partial charge in [0.2, 0.25) is 17.3 Å². The standard InChI is InChI=1S/C24H23N3O2/c1-16-15-18(20-5-3-4-6-22(20)27(16)2)10-7-17-8-11-19(12-9-17)25-24(29)21-13-14-23(28)26-21/h3-12,15,21H,13-14H2,1-2H3,(H,26,28)/p+1/t21-/m0/s1. The lowest BCUT2D eigenvalue weighted by Crippen LogP contribution is -2.37. The van der Waals surface area contributed by atoms with Gasteiger partial charge in [0, 0.05) is 31.2 Å². The Labute approximate surface area is 170 Å². The highest BCUT2D eigenvalue weighted by Gasteiger charge is 2.27. The Morgan fingerprint density at radius 1 is 1.14 bits per heavy atom. The summed E-state index contributed by atoms with van der Waals surface area (Å²) in [7, 11) is 2.08. The lowest BCUT2D eigenvalue weighted by molar-refractivity contribution is -0.651. The van der Waals surface area contributed by atoms with E-state index in [9.17, 15) is 9.59 Å². The van der Waals surface area contributed by atoms with Gasteiger partial charge in [-0.3, -0.25) is 9.59 Å². The van der Waals surface area contributed by atoms with Gasteiger partial charge in [-0.2, -0.15) is 4.57 Å². The van der Waals surface area contributed by atoms with Crippen molar-refractivity contribution in [2.75, 3.05) is 5.32 Å². The van der Waals surface area contributed by atoms with Crippen LogP contribution in [0.3, 0.4) is 0 Å². The first kappa shape index (κ1) is 18.9. The maximum absolute atomic E-state index is 12.2. The highest BCUT2D eigenvalue weighted by Crippen LogP contribution is 2.20. The largest absolute Gasteiger partial charge is 0.344 e. The molecule has 146 valence electrons. The first-order chi connectivity index (χ1) is 14.0. The van der Waals surface area contributed by atoms with E-state index in [4.69, 9.17) is 0 Å². The highest BCUT2D eigenvalue weighted by atomic mass is 16.2. The summed E-state index contributed by atoms with van der Waals surface area (Å²) in [6.07, 6.45) is 5.15. The number of hydrogen-bond acceptors (Lipinski definition) is 2. The summed E-state index contributed by atoms with van der Waals surface area (Å²) in [6, 6.07) is 17.8. The van der Waals surface area contributed by atoms with Crippen LogP contribution in [0, 0.1) is 6.92 Å². The molecule has 5 nitrogen and oxygen atoms in total. The van der Waals surface area contributed by atoms with E-state index in [0.717, 1.165) is 11.3 Å². The zero-order valence-electron chi connectivity index (χ0n) is 16.6. The van der Waals surface area contributed by atoms with Crippen molar-refractivity contribution in [2.24, 2.45) is 7.05 Å². The van der Waals surface area contributed by atoms with E-state index < -0.39 is 6.04 Å². The van der Waals surface area contributed by atoms with Crippen molar-refractivity contribution in [1.82, 2.24) is 5.32 Å². The van der Waals surface area contributed by atoms with Crippen LogP contribution in [-0.2, 0) is 16.6 Å². The molecule has 5 heteroatoms. The van der Waals surface area contributed by atoms with Crippen LogP contribution >= 0.6 is 0 Å². The lowest BCUT2D eigenvalue weighted by Gasteiger charge is -2.11. The molecule has 0 radical (unpaired) electrons. The van der Waals surface area contributed by atoms with Gasteiger partial charge < -0.3 is 10.6 Å². The van der Waals surface area contributed by atoms with Gasteiger partial charge in [0.15, 0.2) is 5.69 Å². The van der Waals surface area contributed by atoms with E-state index in [2.05, 4.69) is 71.7 Å². The number of benzene rings is 2. The Bertz CT molecular complexity index is 1120. The van der Waals surface area contributed by atoms with Gasteiger partial charge in [0.05, 0.1) is 5.39 Å². The van der Waals surface area contributed by atoms with Crippen LogP contribution in [-0.4, -0.2) is 17.9 Å². The summed E-state index contributed by atoms with van der Waals surface area (Å²) < 4.78 is 2.19. The number of para-hydroxylation sites is 1. The predicted octanol–water partition coefficient (Wildman–Crippen LogP) is 3.36. The first-order valence-electron chi connectivity index (χ1n) is 9.78. The minimum Gasteiger partial charge on any atom is -0.344 e. The van der Waals surface area contributed by atoms with Crippen molar-refractivity contribution < 1.29 is 14.2 Å². The second-order valence-corrected chi connectivity index (χ2v) is 7.42. The molecule has 0 aliphatic carbocycles. The highest BCUT2D eigenvalue weighted by molar-refractivity contribution is 5.99. The van der Waals surface area contributed by atoms with Crippen LogP contribution in [0.2, 0.25) is 0 Å². The number of carbonyl (C=O) groups excluding carboxylic acids is 2. The Balaban J connectivity index is 1.50. The fraction of sp³-hybridized carbons (Fsp3) is 0.208. The van der Waals surface area contributed by atoms with E-state index in [1.807, 2.05) is 24.3 Å². The molecule has 1 aliphatic rings. The molecule has 2 N–H and O–H groups in total. The summed E-state index contributed by atoms with van der Waals surface area (Å²) in [4.78, 5) is 23.5. The zero-order valence-corrected chi connectivity index (χ0v) is 16.6. The van der Waals surface area contributed by atoms with Gasteiger partial charge in [-0.15, -0.1) is 0 Å². The Kier molecular flexibility index (Phi) is 5.12. The number of fused-ring (bicyclic) bond motifs is 1. The Hall–Kier alpha value is -3.47. The summed E-state index contributed by atoms with van der Waals surface area (Å²) in [6.45, 7) is 2.11. The number of aromatic nitrogens is 1. The van der Waals surface area contributed by atoms with Crippen molar-refractivity contribution in [2.45, 2.75) is 25.8 Å². The fourth-order valence-corrected chi connectivity index (χ4v) is 3.64. The third kappa shape index (κ3) is 4.04. The molecule has 1 aliphatic heterocycles. The van der Waals surface area contributed by atoms with Crippen LogP contribution < -0.4 is 15.2 Å². The van der Waals surface area contributed by atoms with Crippen LogP contribution in [0.25, 0.3) is 23.1 Å². The van der Waals surface area contributed by atoms with Crippen molar-refractivity contribution in [1.29, 1.82) is 0 Å². The van der Waals surface area contributed by atoms with Gasteiger partial charge in [0.1, 0.15) is 13.1 Å². The van der Waals surface area contributed by atoms with Crippen LogP contribution in [0.15, 0.2) is 54.6 Å². The number of carbonyl (C=O) groups is 2. The second-order valence-electron chi connectivity index (χ2n) is 7.42. The van der Waals surface area contributed by atoms with Gasteiger partial charge in [-0.1, -0.05) is 36.4 Å². The van der Waals surface area contributed by atoms with Gasteiger partial charge in [0.25, 0.3) is 0 Å². The van der Waals surface area contributed by atoms with Crippen LogP contribution in [0.1, 0.15) is 29.7 Å². The van der Waals surface area contributed by atoms with E-state index in [0.29, 0.717) is 12.8 Å². The quantitative estimate of drug-likeness (QED) is 0.676. The molecule has 1 fully saturated rings. The lowest BCUT2D eigenvalue weighted by atomic mass is 10.1. The zero-order chi connectivity index (χ0) is 20.4. The minimum absolute atomic E-state index is 0.0668. The van der Waals surface area contributed by atoms with Crippen LogP contribution in [0.5, 0.6) is 0 Å². The third-order valence-corrected chi connectivity index (χ3v) is 5.42. The second kappa shape index (κ2) is 7.87. The number of hydrogen-bond donors (Lipinski definition) is 2. The summed E-state index contributed by atoms with van der Waals surface area (Å²) in [5.74, 6) is -0.235. The monoisotopic (exact) mass is 386 g/mol. The van der Waals surface area contributed by atoms with Gasteiger partial charge in [-0.25, -0.2) is 0 Å². The number of amides is 2. The fourth-order valence-electron chi connectivity index (χ4n) is 3.64. The molecule has 2 amide bonds. The molecule has 2 heterocycles. The van der Waals surface area contributed by atoms with E-state index in [1.54, 1.807) is 0 Å². The normalized spacial score (nSPS) is 16.3. The minimum atomic E-state index is -0.432. The summed E-state index contributed by atoms with van der Waals surface area (Å²) in [5, 5.41) is 6.75. The van der Waals surface area contributed by atoms with Crippen molar-refractivity contribution in [3.05, 3.63) is 71.4 Å². The smallest absolute Gasteiger partial charge is 0.246 e. The molecule has 1 saturated heterocycles. The topological polar surface area (TPSA) is 62.1 Å². The molecular weight excluding hydrogens is 362 g/mol. The van der Waals surface area contributed by atoms with E-state index in [1.165, 1.54) is 22.2 Å². The van der Waals surface area contributed by atoms with E-state index >= 15 is 0 Å². The SMILES string of the molecule is Cc1cc(C=Cc2ccc(NC(=O)[C@@H]3CCC(=O)N3)cc2)c2ccccc2[n+]1C. The molecule has 4 rings (SSSR count). The average Bonchev–Trinajstić information content (AvgIpc) is 3.17. The predicted molar refractivity (Wildman–Crippen MR) is 115 cm³/mol. The average molecular weight is 386 g/mol. The molecule has 2 aromatic carbocycles. The number of nitrogens with zero attached hydrogens (tertiary/aromatic N) is 1. The van der Waals surface area contributed by atoms with Crippen molar-refractivity contribution in [3.8, 4) is 0 Å². The molecule has 0 saturated carbocycles. The number of pyridine rings is 1. The van der Waals surface area contributed by atoms with Gasteiger partial charge in [-0.05, 0) is 35.7 Å². The molecule has 1 aromatic heterocycles. The molecule has 29 heavy (non-hydrogen) atoms. The molecule has 0 unspecified atom stereocenters. The number of rotatable bonds is 4. The maximum atomic E-state index is 12.2. The van der Waals surface area contributed by atoms with Crippen molar-refractivity contribution in [3.63, 3.8) is 0 Å². The molecule has 3 aromatic rings. The molecule has 0 bridgehead atoms. The Morgan fingerprint density at radius 3 is 2.62 bits per heavy atom. The molecule has 1 atom stereocenters. The third-order valence-electron chi connectivity index (χ3n) is 5.42.